The molecule has 3 heterocycles. The van der Waals surface area contributed by atoms with Gasteiger partial charge in [0.25, 0.3) is 0 Å². The van der Waals surface area contributed by atoms with Crippen LogP contribution in [0, 0.1) is 0 Å². The van der Waals surface area contributed by atoms with Gasteiger partial charge in [-0.2, -0.15) is 5.10 Å². The Morgan fingerprint density at radius 1 is 1.16 bits per heavy atom. The van der Waals surface area contributed by atoms with Crippen LogP contribution in [0.2, 0.25) is 0 Å². The number of piperidine rings is 1. The summed E-state index contributed by atoms with van der Waals surface area (Å²) in [5, 5.41) is 7.83. The largest absolute Gasteiger partial charge is 0.376 e. The van der Waals surface area contributed by atoms with E-state index in [2.05, 4.69) is 46.5 Å². The van der Waals surface area contributed by atoms with Crippen molar-refractivity contribution in [2.24, 2.45) is 4.99 Å². The van der Waals surface area contributed by atoms with Crippen molar-refractivity contribution < 1.29 is 9.47 Å². The lowest BCUT2D eigenvalue weighted by molar-refractivity contribution is -0.0721. The second-order valence-electron chi connectivity index (χ2n) is 8.65. The van der Waals surface area contributed by atoms with Crippen molar-refractivity contribution in [3.05, 3.63) is 53.9 Å². The van der Waals surface area contributed by atoms with E-state index in [4.69, 9.17) is 14.5 Å². The highest BCUT2D eigenvalue weighted by Gasteiger charge is 2.23. The molecule has 2 aromatic rings. The van der Waals surface area contributed by atoms with Crippen LogP contribution in [0.15, 0.2) is 47.7 Å². The molecule has 2 aliphatic rings. The van der Waals surface area contributed by atoms with Gasteiger partial charge in [0.2, 0.25) is 0 Å². The predicted molar refractivity (Wildman–Crippen MR) is 127 cm³/mol. The molecule has 4 rings (SSSR count). The Labute approximate surface area is 191 Å². The molecule has 0 bridgehead atoms. The average Bonchev–Trinajstić information content (AvgIpc) is 3.35. The Balaban J connectivity index is 1.31. The number of rotatable bonds is 8. The number of guanidine groups is 1. The van der Waals surface area contributed by atoms with Crippen molar-refractivity contribution in [2.45, 2.75) is 64.3 Å². The highest BCUT2D eigenvalue weighted by Crippen LogP contribution is 2.18. The minimum atomic E-state index is 0.294. The van der Waals surface area contributed by atoms with E-state index in [0.717, 1.165) is 64.6 Å². The fraction of sp³-hybridized carbons (Fsp3) is 0.600. The monoisotopic (exact) mass is 439 g/mol. The van der Waals surface area contributed by atoms with Crippen molar-refractivity contribution in [3.63, 3.8) is 0 Å². The van der Waals surface area contributed by atoms with Gasteiger partial charge in [-0.15, -0.1) is 0 Å². The lowest BCUT2D eigenvalue weighted by Crippen LogP contribution is -2.47. The van der Waals surface area contributed by atoms with Crippen LogP contribution in [0.3, 0.4) is 0 Å². The summed E-state index contributed by atoms with van der Waals surface area (Å²) in [6.45, 7) is 7.99. The highest BCUT2D eigenvalue weighted by atomic mass is 16.5. The molecule has 0 aliphatic carbocycles. The van der Waals surface area contributed by atoms with Crippen molar-refractivity contribution in [1.82, 2.24) is 20.0 Å². The second-order valence-corrected chi connectivity index (χ2v) is 8.65. The number of aromatic nitrogens is 2. The van der Waals surface area contributed by atoms with Gasteiger partial charge in [0.1, 0.15) is 0 Å². The van der Waals surface area contributed by atoms with Crippen LogP contribution in [0.5, 0.6) is 0 Å². The van der Waals surface area contributed by atoms with Crippen LogP contribution in [0.1, 0.15) is 50.2 Å². The molecule has 1 aromatic carbocycles. The molecule has 1 N–H and O–H groups in total. The molecule has 1 aromatic heterocycles. The van der Waals surface area contributed by atoms with E-state index in [0.29, 0.717) is 18.8 Å². The maximum Gasteiger partial charge on any atom is 0.194 e. The lowest BCUT2D eigenvalue weighted by Gasteiger charge is -2.35. The zero-order valence-electron chi connectivity index (χ0n) is 19.3. The van der Waals surface area contributed by atoms with E-state index >= 15 is 0 Å². The molecule has 1 unspecified atom stereocenters. The average molecular weight is 440 g/mol. The minimum Gasteiger partial charge on any atom is -0.376 e. The summed E-state index contributed by atoms with van der Waals surface area (Å²) in [7, 11) is 0. The van der Waals surface area contributed by atoms with Gasteiger partial charge in [0.05, 0.1) is 31.9 Å². The standard InChI is InChI=1S/C25H37N5O2/c1-2-26-25(27-18-21-8-3-4-9-22(21)19-30-14-7-13-28-30)29-15-11-23(12-16-29)32-20-24-10-5-6-17-31-24/h3-4,7-9,13-14,23-24H,2,5-6,10-12,15-20H2,1H3,(H,26,27). The van der Waals surface area contributed by atoms with E-state index in [9.17, 15) is 0 Å². The number of hydrogen-bond donors (Lipinski definition) is 1. The predicted octanol–water partition coefficient (Wildman–Crippen LogP) is 3.45. The maximum atomic E-state index is 6.19. The van der Waals surface area contributed by atoms with Gasteiger partial charge in [-0.25, -0.2) is 4.99 Å². The van der Waals surface area contributed by atoms with Crippen LogP contribution in [-0.4, -0.2) is 65.7 Å². The number of nitrogens with one attached hydrogen (secondary N) is 1. The lowest BCUT2D eigenvalue weighted by atomic mass is 10.1. The van der Waals surface area contributed by atoms with Crippen molar-refractivity contribution >= 4 is 5.96 Å². The Morgan fingerprint density at radius 2 is 2.00 bits per heavy atom. The van der Waals surface area contributed by atoms with E-state index in [1.807, 2.05) is 23.1 Å². The molecule has 0 radical (unpaired) electrons. The number of hydrogen-bond acceptors (Lipinski definition) is 4. The SMILES string of the molecule is CCNC(=NCc1ccccc1Cn1cccn1)N1CCC(OCC2CCCCO2)CC1. The summed E-state index contributed by atoms with van der Waals surface area (Å²) in [4.78, 5) is 7.35. The summed E-state index contributed by atoms with van der Waals surface area (Å²) in [5.41, 5.74) is 2.50. The molecule has 7 heteroatoms. The molecule has 0 saturated carbocycles. The van der Waals surface area contributed by atoms with E-state index in [1.54, 1.807) is 0 Å². The first-order chi connectivity index (χ1) is 15.8. The maximum absolute atomic E-state index is 6.19. The first-order valence-electron chi connectivity index (χ1n) is 12.1. The van der Waals surface area contributed by atoms with Crippen molar-refractivity contribution in [2.75, 3.05) is 32.8 Å². The van der Waals surface area contributed by atoms with Crippen molar-refractivity contribution in [1.29, 1.82) is 0 Å². The Morgan fingerprint density at radius 3 is 2.72 bits per heavy atom. The fourth-order valence-corrected chi connectivity index (χ4v) is 4.44. The number of ether oxygens (including phenoxy) is 2. The summed E-state index contributed by atoms with van der Waals surface area (Å²) < 4.78 is 13.9. The highest BCUT2D eigenvalue weighted by molar-refractivity contribution is 5.80. The van der Waals surface area contributed by atoms with Crippen LogP contribution >= 0.6 is 0 Å². The van der Waals surface area contributed by atoms with E-state index < -0.39 is 0 Å². The Bertz CT molecular complexity index is 825. The third-order valence-corrected chi connectivity index (χ3v) is 6.28. The van der Waals surface area contributed by atoms with Crippen molar-refractivity contribution in [3.8, 4) is 0 Å². The smallest absolute Gasteiger partial charge is 0.194 e. The van der Waals surface area contributed by atoms with Gasteiger partial charge in [-0.1, -0.05) is 24.3 Å². The van der Waals surface area contributed by atoms with Gasteiger partial charge in [0, 0.05) is 38.6 Å². The topological polar surface area (TPSA) is 63.9 Å². The normalized spacial score (nSPS) is 20.5. The molecule has 7 nitrogen and oxygen atoms in total. The minimum absolute atomic E-state index is 0.294. The third kappa shape index (κ3) is 6.56. The number of likely N-dealkylation sites (tertiary alicyclic amines) is 1. The number of benzene rings is 1. The summed E-state index contributed by atoms with van der Waals surface area (Å²) in [5.74, 6) is 0.996. The molecule has 2 aliphatic heterocycles. The van der Waals surface area contributed by atoms with Gasteiger partial charge in [-0.3, -0.25) is 4.68 Å². The Hall–Kier alpha value is -2.38. The zero-order chi connectivity index (χ0) is 22.0. The quantitative estimate of drug-likeness (QED) is 0.504. The van der Waals surface area contributed by atoms with Crippen LogP contribution in [-0.2, 0) is 22.6 Å². The van der Waals surface area contributed by atoms with Crippen LogP contribution in [0.4, 0.5) is 0 Å². The molecule has 32 heavy (non-hydrogen) atoms. The molecule has 0 spiro atoms. The second kappa shape index (κ2) is 12.0. The molecule has 2 fully saturated rings. The van der Waals surface area contributed by atoms with Gasteiger partial charge < -0.3 is 19.7 Å². The Kier molecular flexibility index (Phi) is 8.56. The first-order valence-corrected chi connectivity index (χ1v) is 12.1. The molecule has 2 saturated heterocycles. The fourth-order valence-electron chi connectivity index (χ4n) is 4.44. The van der Waals surface area contributed by atoms with Crippen LogP contribution < -0.4 is 5.32 Å². The molecular formula is C25H37N5O2. The van der Waals surface area contributed by atoms with Crippen LogP contribution in [0.25, 0.3) is 0 Å². The first kappa shape index (κ1) is 22.8. The molecule has 0 amide bonds. The number of aliphatic imine (C=N–C) groups is 1. The summed E-state index contributed by atoms with van der Waals surface area (Å²) in [6, 6.07) is 10.5. The number of nitrogens with zero attached hydrogens (tertiary/aromatic N) is 4. The molecule has 174 valence electrons. The van der Waals surface area contributed by atoms with Gasteiger partial charge >= 0.3 is 0 Å². The van der Waals surface area contributed by atoms with E-state index in [1.165, 1.54) is 24.0 Å². The molecule has 1 atom stereocenters. The summed E-state index contributed by atoms with van der Waals surface area (Å²) in [6.07, 6.45) is 10.1. The third-order valence-electron chi connectivity index (χ3n) is 6.28. The molecular weight excluding hydrogens is 402 g/mol. The summed E-state index contributed by atoms with van der Waals surface area (Å²) >= 11 is 0. The van der Waals surface area contributed by atoms with Gasteiger partial charge in [0.15, 0.2) is 5.96 Å². The van der Waals surface area contributed by atoms with Gasteiger partial charge in [-0.05, 0) is 56.2 Å². The zero-order valence-corrected chi connectivity index (χ0v) is 19.3. The van der Waals surface area contributed by atoms with E-state index in [-0.39, 0.29) is 0 Å².